The summed E-state index contributed by atoms with van der Waals surface area (Å²) in [6.45, 7) is 4.36. The number of rotatable bonds is 5. The van der Waals surface area contributed by atoms with E-state index >= 15 is 0 Å². The highest BCUT2D eigenvalue weighted by Gasteiger charge is 2.09. The number of amides is 1. The number of hydrogen-bond acceptors (Lipinski definition) is 3. The van der Waals surface area contributed by atoms with Crippen molar-refractivity contribution in [3.63, 3.8) is 0 Å². The van der Waals surface area contributed by atoms with E-state index < -0.39 is 6.09 Å². The first-order valence-corrected chi connectivity index (χ1v) is 5.85. The number of phenols is 1. The van der Waals surface area contributed by atoms with Gasteiger partial charge in [0.15, 0.2) is 0 Å². The Kier molecular flexibility index (Phi) is 5.33. The summed E-state index contributed by atoms with van der Waals surface area (Å²) in [6, 6.07) is 6.59. The van der Waals surface area contributed by atoms with Crippen molar-refractivity contribution in [1.29, 1.82) is 0 Å². The second-order valence-electron chi connectivity index (χ2n) is 3.95. The van der Waals surface area contributed by atoms with Crippen molar-refractivity contribution in [3.05, 3.63) is 29.8 Å². The molecule has 0 aliphatic rings. The highest BCUT2D eigenvalue weighted by atomic mass is 16.5. The van der Waals surface area contributed by atoms with Crippen molar-refractivity contribution in [2.75, 3.05) is 6.61 Å². The monoisotopic (exact) mass is 237 g/mol. The molecule has 0 aliphatic carbocycles. The maximum Gasteiger partial charge on any atom is 0.407 e. The van der Waals surface area contributed by atoms with Crippen molar-refractivity contribution in [2.45, 2.75) is 32.7 Å². The Labute approximate surface area is 102 Å². The number of aromatic hydroxyl groups is 1. The van der Waals surface area contributed by atoms with E-state index in [1.807, 2.05) is 13.8 Å². The lowest BCUT2D eigenvalue weighted by atomic mass is 10.1. The van der Waals surface area contributed by atoms with Crippen molar-refractivity contribution >= 4 is 6.09 Å². The Morgan fingerprint density at radius 1 is 1.41 bits per heavy atom. The Bertz CT molecular complexity index is 348. The normalized spacial score (nSPS) is 11.9. The van der Waals surface area contributed by atoms with Crippen LogP contribution in [0.1, 0.15) is 38.3 Å². The van der Waals surface area contributed by atoms with Gasteiger partial charge < -0.3 is 15.2 Å². The van der Waals surface area contributed by atoms with Gasteiger partial charge in [-0.1, -0.05) is 25.5 Å². The van der Waals surface area contributed by atoms with Gasteiger partial charge in [-0.05, 0) is 31.0 Å². The molecule has 0 aromatic heterocycles. The van der Waals surface area contributed by atoms with Crippen LogP contribution < -0.4 is 5.32 Å². The van der Waals surface area contributed by atoms with Crippen LogP contribution in [0.5, 0.6) is 5.75 Å². The van der Waals surface area contributed by atoms with E-state index in [1.54, 1.807) is 24.3 Å². The number of benzene rings is 1. The highest BCUT2D eigenvalue weighted by Crippen LogP contribution is 2.16. The van der Waals surface area contributed by atoms with E-state index in [1.165, 1.54) is 0 Å². The average Bonchev–Trinajstić information content (AvgIpc) is 2.30. The molecular weight excluding hydrogens is 218 g/mol. The molecular formula is C13H19NO3. The SMILES string of the molecule is CCCCOC(=O)NC(C)c1ccc(O)cc1. The molecule has 0 aliphatic heterocycles. The first-order chi connectivity index (χ1) is 8.13. The molecule has 1 rings (SSSR count). The van der Waals surface area contributed by atoms with Crippen LogP contribution in [0.2, 0.25) is 0 Å². The topological polar surface area (TPSA) is 58.6 Å². The molecule has 4 nitrogen and oxygen atoms in total. The molecule has 1 aromatic carbocycles. The van der Waals surface area contributed by atoms with Gasteiger partial charge in [-0.3, -0.25) is 0 Å². The van der Waals surface area contributed by atoms with Gasteiger partial charge in [-0.2, -0.15) is 0 Å². The smallest absolute Gasteiger partial charge is 0.407 e. The van der Waals surface area contributed by atoms with Crippen LogP contribution >= 0.6 is 0 Å². The summed E-state index contributed by atoms with van der Waals surface area (Å²) in [6.07, 6.45) is 1.47. The summed E-state index contributed by atoms with van der Waals surface area (Å²) in [4.78, 5) is 11.4. The van der Waals surface area contributed by atoms with Crippen molar-refractivity contribution in [3.8, 4) is 5.75 Å². The van der Waals surface area contributed by atoms with Crippen LogP contribution in [-0.2, 0) is 4.74 Å². The van der Waals surface area contributed by atoms with Gasteiger partial charge >= 0.3 is 6.09 Å². The molecule has 0 saturated heterocycles. The number of alkyl carbamates (subject to hydrolysis) is 1. The Morgan fingerprint density at radius 2 is 2.06 bits per heavy atom. The lowest BCUT2D eigenvalue weighted by Crippen LogP contribution is -2.27. The summed E-state index contributed by atoms with van der Waals surface area (Å²) < 4.78 is 5.00. The fourth-order valence-electron chi connectivity index (χ4n) is 1.37. The fraction of sp³-hybridized carbons (Fsp3) is 0.462. The van der Waals surface area contributed by atoms with Crippen LogP contribution in [0, 0.1) is 0 Å². The zero-order valence-electron chi connectivity index (χ0n) is 10.3. The predicted molar refractivity (Wildman–Crippen MR) is 65.9 cm³/mol. The molecule has 4 heteroatoms. The van der Waals surface area contributed by atoms with E-state index in [4.69, 9.17) is 9.84 Å². The van der Waals surface area contributed by atoms with Crippen molar-refractivity contribution < 1.29 is 14.6 Å². The van der Waals surface area contributed by atoms with Gasteiger partial charge in [-0.25, -0.2) is 4.79 Å². The average molecular weight is 237 g/mol. The summed E-state index contributed by atoms with van der Waals surface area (Å²) >= 11 is 0. The zero-order valence-corrected chi connectivity index (χ0v) is 10.3. The number of ether oxygens (including phenoxy) is 1. The number of carbonyl (C=O) groups excluding carboxylic acids is 1. The molecule has 94 valence electrons. The summed E-state index contributed by atoms with van der Waals surface area (Å²) in [5.41, 5.74) is 0.926. The van der Waals surface area contributed by atoms with Gasteiger partial charge in [0.25, 0.3) is 0 Å². The molecule has 1 atom stereocenters. The summed E-state index contributed by atoms with van der Waals surface area (Å²) in [5.74, 6) is 0.214. The molecule has 1 amide bonds. The highest BCUT2D eigenvalue weighted by molar-refractivity contribution is 5.67. The Morgan fingerprint density at radius 3 is 2.65 bits per heavy atom. The zero-order chi connectivity index (χ0) is 12.7. The maximum absolute atomic E-state index is 11.4. The molecule has 0 fully saturated rings. The van der Waals surface area contributed by atoms with E-state index in [2.05, 4.69) is 5.32 Å². The standard InChI is InChI=1S/C13H19NO3/c1-3-4-9-17-13(16)14-10(2)11-5-7-12(15)8-6-11/h5-8,10,15H,3-4,9H2,1-2H3,(H,14,16). The van der Waals surface area contributed by atoms with Crippen molar-refractivity contribution in [2.24, 2.45) is 0 Å². The number of carbonyl (C=O) groups is 1. The third-order valence-corrected chi connectivity index (χ3v) is 2.46. The molecule has 1 unspecified atom stereocenters. The first kappa shape index (κ1) is 13.4. The lowest BCUT2D eigenvalue weighted by molar-refractivity contribution is 0.141. The Hall–Kier alpha value is -1.71. The predicted octanol–water partition coefficient (Wildman–Crippen LogP) is 2.98. The van der Waals surface area contributed by atoms with Crippen LogP contribution in [-0.4, -0.2) is 17.8 Å². The lowest BCUT2D eigenvalue weighted by Gasteiger charge is -2.14. The van der Waals surface area contributed by atoms with Crippen LogP contribution in [0.25, 0.3) is 0 Å². The third-order valence-electron chi connectivity index (χ3n) is 2.46. The second-order valence-corrected chi connectivity index (χ2v) is 3.95. The van der Waals surface area contributed by atoms with E-state index in [-0.39, 0.29) is 11.8 Å². The van der Waals surface area contributed by atoms with Gasteiger partial charge in [0.05, 0.1) is 12.6 Å². The minimum absolute atomic E-state index is 0.135. The summed E-state index contributed by atoms with van der Waals surface area (Å²) in [7, 11) is 0. The van der Waals surface area contributed by atoms with Crippen LogP contribution in [0.15, 0.2) is 24.3 Å². The molecule has 0 heterocycles. The van der Waals surface area contributed by atoms with Crippen molar-refractivity contribution in [1.82, 2.24) is 5.32 Å². The van der Waals surface area contributed by atoms with Gasteiger partial charge in [0.1, 0.15) is 5.75 Å². The molecule has 0 bridgehead atoms. The van der Waals surface area contributed by atoms with Crippen LogP contribution in [0.4, 0.5) is 4.79 Å². The minimum atomic E-state index is -0.404. The number of hydrogen-bond donors (Lipinski definition) is 2. The van der Waals surface area contributed by atoms with Crippen LogP contribution in [0.3, 0.4) is 0 Å². The van der Waals surface area contributed by atoms with E-state index in [9.17, 15) is 4.79 Å². The molecule has 0 radical (unpaired) electrons. The molecule has 2 N–H and O–H groups in total. The maximum atomic E-state index is 11.4. The largest absolute Gasteiger partial charge is 0.508 e. The van der Waals surface area contributed by atoms with Gasteiger partial charge in [0.2, 0.25) is 0 Å². The number of unbranched alkanes of at least 4 members (excludes halogenated alkanes) is 1. The van der Waals surface area contributed by atoms with Gasteiger partial charge in [0, 0.05) is 0 Å². The van der Waals surface area contributed by atoms with E-state index in [0.717, 1.165) is 18.4 Å². The molecule has 0 saturated carbocycles. The number of nitrogens with one attached hydrogen (secondary N) is 1. The molecule has 1 aromatic rings. The first-order valence-electron chi connectivity index (χ1n) is 5.85. The Balaban J connectivity index is 2.40. The summed E-state index contributed by atoms with van der Waals surface area (Å²) in [5, 5.41) is 11.9. The quantitative estimate of drug-likeness (QED) is 0.774. The minimum Gasteiger partial charge on any atom is -0.508 e. The van der Waals surface area contributed by atoms with Gasteiger partial charge in [-0.15, -0.1) is 0 Å². The third kappa shape index (κ3) is 4.76. The fourth-order valence-corrected chi connectivity index (χ4v) is 1.37. The molecule has 17 heavy (non-hydrogen) atoms. The molecule has 0 spiro atoms. The van der Waals surface area contributed by atoms with E-state index in [0.29, 0.717) is 6.61 Å². The second kappa shape index (κ2) is 6.78. The number of phenolic OH excluding ortho intramolecular Hbond substituents is 1.